The van der Waals surface area contributed by atoms with Gasteiger partial charge in [0.2, 0.25) is 11.4 Å². The molecule has 1 heterocycles. The van der Waals surface area contributed by atoms with Gasteiger partial charge in [-0.25, -0.2) is 0 Å². The zero-order valence-corrected chi connectivity index (χ0v) is 40.1. The van der Waals surface area contributed by atoms with E-state index in [9.17, 15) is 24.3 Å². The number of ketones is 4. The van der Waals surface area contributed by atoms with Crippen LogP contribution in [0.15, 0.2) is 52.7 Å². The lowest BCUT2D eigenvalue weighted by Crippen LogP contribution is -2.70. The van der Waals surface area contributed by atoms with Gasteiger partial charge in [0, 0.05) is 52.2 Å². The zero-order chi connectivity index (χ0) is 45.2. The van der Waals surface area contributed by atoms with Gasteiger partial charge in [-0.2, -0.15) is 0 Å². The Morgan fingerprint density at radius 3 is 1.73 bits per heavy atom. The minimum absolute atomic E-state index is 0.0102. The molecule has 1 aliphatic heterocycles. The van der Waals surface area contributed by atoms with Crippen molar-refractivity contribution < 1.29 is 33.8 Å². The third-order valence-electron chi connectivity index (χ3n) is 22.5. The van der Waals surface area contributed by atoms with Crippen LogP contribution in [0.4, 0.5) is 0 Å². The summed E-state index contributed by atoms with van der Waals surface area (Å²) in [4.78, 5) is 55.8. The summed E-state index contributed by atoms with van der Waals surface area (Å²) in [5, 5.41) is 12.8. The van der Waals surface area contributed by atoms with E-state index in [0.717, 1.165) is 80.9 Å². The Morgan fingerprint density at radius 1 is 0.619 bits per heavy atom. The van der Waals surface area contributed by atoms with Crippen LogP contribution in [0.2, 0.25) is 0 Å². The second-order valence-electron chi connectivity index (χ2n) is 25.3. The lowest BCUT2D eigenvalue weighted by Gasteiger charge is -2.69. The molecule has 63 heavy (non-hydrogen) atoms. The van der Waals surface area contributed by atoms with Crippen molar-refractivity contribution >= 4 is 23.1 Å². The summed E-state index contributed by atoms with van der Waals surface area (Å²) in [6, 6.07) is 1.92. The van der Waals surface area contributed by atoms with Crippen LogP contribution in [0.1, 0.15) is 175 Å². The van der Waals surface area contributed by atoms with Crippen molar-refractivity contribution in [2.24, 2.45) is 61.6 Å². The first-order valence-electron chi connectivity index (χ1n) is 24.5. The molecule has 1 unspecified atom stereocenters. The van der Waals surface area contributed by atoms with Crippen molar-refractivity contribution in [3.8, 4) is 11.5 Å². The van der Waals surface area contributed by atoms with E-state index in [0.29, 0.717) is 58.9 Å². The van der Waals surface area contributed by atoms with Crippen LogP contribution in [-0.2, 0) is 19.8 Å². The lowest BCUT2D eigenvalue weighted by atomic mass is 9.35. The number of allylic oxidation sites excluding steroid dienone is 5. The maximum Gasteiger partial charge on any atom is 0.317 e. The van der Waals surface area contributed by atoms with Gasteiger partial charge in [0.05, 0.1) is 0 Å². The minimum Gasteiger partial charge on any atom is -0.471 e. The van der Waals surface area contributed by atoms with E-state index in [1.807, 2.05) is 19.1 Å². The van der Waals surface area contributed by atoms with Gasteiger partial charge in [-0.1, -0.05) is 87.0 Å². The first-order chi connectivity index (χ1) is 29.2. The molecule has 6 fully saturated rings. The molecule has 7 heteroatoms. The number of ether oxygens (including phenoxy) is 2. The zero-order valence-electron chi connectivity index (χ0n) is 40.1. The van der Waals surface area contributed by atoms with E-state index >= 15 is 0 Å². The Morgan fingerprint density at radius 2 is 1.16 bits per heavy atom. The Hall–Kier alpha value is -3.58. The van der Waals surface area contributed by atoms with Crippen LogP contribution in [-0.4, -0.2) is 39.6 Å². The molecular weight excluding hydrogens is 785 g/mol. The average molecular weight is 855 g/mol. The van der Waals surface area contributed by atoms with Crippen LogP contribution in [0.5, 0.6) is 11.5 Å². The molecule has 0 bridgehead atoms. The highest BCUT2D eigenvalue weighted by Gasteiger charge is 2.72. The summed E-state index contributed by atoms with van der Waals surface area (Å²) in [5.74, 6) is -0.492. The highest BCUT2D eigenvalue weighted by atomic mass is 16.7. The number of benzene rings is 1. The molecule has 10 aliphatic rings. The van der Waals surface area contributed by atoms with Crippen molar-refractivity contribution in [2.75, 3.05) is 0 Å². The molecule has 0 saturated heterocycles. The summed E-state index contributed by atoms with van der Waals surface area (Å²) in [5.41, 5.74) is 3.21. The van der Waals surface area contributed by atoms with Gasteiger partial charge in [0.25, 0.3) is 0 Å². The SMILES string of the molecule is Cc1c2c(cc3c1C(=O)C=C1C4(C)CC[C@@]5(C)CC(=O)[C@H](C)C[C@@H]5[C@]4(C)CC[C@]13C)O[C@]1(O)C(=O)C=C3C(=CC=C4[C@@]3(C)CC[C@@]3(C)[C@@H]5C[C@@H](C)C(=O)C[C@]5(C)CC[C@]43C)[C@]1(C)O2. The Balaban J connectivity index is 0.986. The number of carbonyl (C=O) groups is 4. The van der Waals surface area contributed by atoms with Crippen LogP contribution in [0.3, 0.4) is 0 Å². The van der Waals surface area contributed by atoms with Crippen molar-refractivity contribution in [1.29, 1.82) is 0 Å². The summed E-state index contributed by atoms with van der Waals surface area (Å²) in [6.45, 7) is 26.9. The largest absolute Gasteiger partial charge is 0.471 e. The van der Waals surface area contributed by atoms with Gasteiger partial charge in [-0.05, 0) is 157 Å². The normalized spacial score (nSPS) is 50.3. The summed E-state index contributed by atoms with van der Waals surface area (Å²) < 4.78 is 13.8. The second kappa shape index (κ2) is 12.1. The topological polar surface area (TPSA) is 107 Å². The van der Waals surface area contributed by atoms with E-state index in [2.05, 4.69) is 81.4 Å². The van der Waals surface area contributed by atoms with E-state index in [1.54, 1.807) is 13.0 Å². The molecule has 336 valence electrons. The summed E-state index contributed by atoms with van der Waals surface area (Å²) in [6.07, 6.45) is 18.5. The van der Waals surface area contributed by atoms with E-state index in [1.165, 1.54) is 11.1 Å². The van der Waals surface area contributed by atoms with E-state index < -0.39 is 28.0 Å². The fraction of sp³-hybridized carbons (Fsp3) is 0.679. The van der Waals surface area contributed by atoms with Crippen molar-refractivity contribution in [2.45, 2.75) is 177 Å². The molecule has 9 aliphatic carbocycles. The van der Waals surface area contributed by atoms with Crippen LogP contribution in [0, 0.1) is 68.5 Å². The quantitative estimate of drug-likeness (QED) is 0.277. The molecule has 0 radical (unpaired) electrons. The number of fused-ring (bicyclic) bond motifs is 17. The van der Waals surface area contributed by atoms with Crippen molar-refractivity contribution in [3.05, 3.63) is 69.4 Å². The number of rotatable bonds is 0. The molecule has 0 amide bonds. The Bertz CT molecular complexity index is 2540. The highest BCUT2D eigenvalue weighted by molar-refractivity contribution is 6.10. The number of carbonyl (C=O) groups excluding carboxylic acids is 4. The number of hydrogen-bond acceptors (Lipinski definition) is 7. The van der Waals surface area contributed by atoms with Crippen LogP contribution < -0.4 is 9.47 Å². The standard InChI is InChI=1S/C56H70O7/c1-30-23-41-47(4,28-37(30)58)15-19-51(8)40-14-13-33-34(49(40,6)17-21-52(41,51)9)26-44(60)56(61)55(33,12)63-46-32(3)45-35(25-39(46)62-56)50(7)18-22-53(10)42-24-31(2)38(59)29-48(42,5)16-20-54(53,11)43(50)27-36(45)57/h13-14,25-27,30-31,41-42,61H,15-24,28-29H2,1-12H3/t30-,31-,41-,42+,47+,48+,49+,50+,51-,52+,53+,54?,55+,56-/m1/s1. The minimum atomic E-state index is -2.33. The molecular formula is C56H70O7. The predicted octanol–water partition coefficient (Wildman–Crippen LogP) is 11.4. The van der Waals surface area contributed by atoms with Gasteiger partial charge < -0.3 is 14.6 Å². The molecule has 14 atom stereocenters. The molecule has 1 aromatic carbocycles. The predicted molar refractivity (Wildman–Crippen MR) is 242 cm³/mol. The summed E-state index contributed by atoms with van der Waals surface area (Å²) in [7, 11) is 0. The molecule has 6 saturated carbocycles. The fourth-order valence-corrected chi connectivity index (χ4v) is 17.9. The molecule has 11 rings (SSSR count). The lowest BCUT2D eigenvalue weighted by molar-refractivity contribution is -0.231. The maximum atomic E-state index is 14.8. The first-order valence-corrected chi connectivity index (χ1v) is 24.5. The highest BCUT2D eigenvalue weighted by Crippen LogP contribution is 2.77. The monoisotopic (exact) mass is 855 g/mol. The second-order valence-corrected chi connectivity index (χ2v) is 25.3. The third kappa shape index (κ3) is 4.63. The number of hydrogen-bond donors (Lipinski definition) is 1. The van der Waals surface area contributed by atoms with Crippen molar-refractivity contribution in [1.82, 2.24) is 0 Å². The van der Waals surface area contributed by atoms with Gasteiger partial charge in [0.15, 0.2) is 17.3 Å². The first kappa shape index (κ1) is 42.1. The van der Waals surface area contributed by atoms with Gasteiger partial charge >= 0.3 is 5.79 Å². The van der Waals surface area contributed by atoms with Gasteiger partial charge in [-0.15, -0.1) is 0 Å². The van der Waals surface area contributed by atoms with Gasteiger partial charge in [-0.3, -0.25) is 19.2 Å². The molecule has 1 aromatic rings. The smallest absolute Gasteiger partial charge is 0.317 e. The summed E-state index contributed by atoms with van der Waals surface area (Å²) >= 11 is 0. The van der Waals surface area contributed by atoms with Gasteiger partial charge in [0.1, 0.15) is 11.6 Å². The van der Waals surface area contributed by atoms with E-state index in [-0.39, 0.29) is 50.1 Å². The average Bonchev–Trinajstić information content (AvgIpc) is 3.21. The maximum absolute atomic E-state index is 14.8. The van der Waals surface area contributed by atoms with E-state index in [4.69, 9.17) is 9.47 Å². The van der Waals surface area contributed by atoms with Crippen LogP contribution >= 0.6 is 0 Å². The van der Waals surface area contributed by atoms with Crippen LogP contribution in [0.25, 0.3) is 0 Å². The third-order valence-corrected chi connectivity index (χ3v) is 22.5. The fourth-order valence-electron chi connectivity index (χ4n) is 17.9. The number of aliphatic hydroxyl groups is 1. The van der Waals surface area contributed by atoms with Crippen molar-refractivity contribution in [3.63, 3.8) is 0 Å². The molecule has 0 aromatic heterocycles. The Kier molecular flexibility index (Phi) is 8.05. The molecule has 1 N–H and O–H groups in total. The Labute approximate surface area is 375 Å². The molecule has 7 nitrogen and oxygen atoms in total. The number of Topliss-reactive ketones (excluding diaryl/α,β-unsaturated/α-hetero) is 2. The molecule has 0 spiro atoms.